The maximum atomic E-state index is 13.7. The lowest BCUT2D eigenvalue weighted by Crippen LogP contribution is -2.21. The molecule has 9 nitrogen and oxygen atoms in total. The van der Waals surface area contributed by atoms with Gasteiger partial charge in [0.2, 0.25) is 0 Å². The van der Waals surface area contributed by atoms with E-state index >= 15 is 0 Å². The number of halogens is 2. The number of amides is 1. The van der Waals surface area contributed by atoms with E-state index in [2.05, 4.69) is 25.4 Å². The lowest BCUT2D eigenvalue weighted by Gasteiger charge is -2.27. The van der Waals surface area contributed by atoms with Crippen molar-refractivity contribution in [2.75, 3.05) is 30.4 Å². The van der Waals surface area contributed by atoms with Crippen molar-refractivity contribution in [3.8, 4) is 0 Å². The molecule has 5 rings (SSSR count). The number of fused-ring (bicyclic) bond motifs is 1. The van der Waals surface area contributed by atoms with Crippen LogP contribution in [0.5, 0.6) is 0 Å². The van der Waals surface area contributed by atoms with Gasteiger partial charge in [0.25, 0.3) is 12.3 Å². The van der Waals surface area contributed by atoms with E-state index in [1.54, 1.807) is 6.20 Å². The van der Waals surface area contributed by atoms with Crippen LogP contribution in [-0.4, -0.2) is 55.6 Å². The Labute approximate surface area is 195 Å². The highest BCUT2D eigenvalue weighted by Crippen LogP contribution is 2.35. The van der Waals surface area contributed by atoms with Crippen molar-refractivity contribution < 1.29 is 18.7 Å². The highest BCUT2D eigenvalue weighted by molar-refractivity contribution is 6.08. The first kappa shape index (κ1) is 22.7. The Kier molecular flexibility index (Phi) is 6.20. The van der Waals surface area contributed by atoms with Crippen molar-refractivity contribution in [1.82, 2.24) is 24.4 Å². The molecule has 0 bridgehead atoms. The highest BCUT2D eigenvalue weighted by atomic mass is 19.3. The molecule has 2 fully saturated rings. The van der Waals surface area contributed by atoms with Crippen LogP contribution in [0.4, 0.5) is 20.3 Å². The molecule has 0 aromatic carbocycles. The van der Waals surface area contributed by atoms with Gasteiger partial charge in [-0.25, -0.2) is 18.3 Å². The van der Waals surface area contributed by atoms with Crippen molar-refractivity contribution in [1.29, 1.82) is 0 Å². The van der Waals surface area contributed by atoms with Crippen LogP contribution in [0.25, 0.3) is 5.65 Å². The van der Waals surface area contributed by atoms with Gasteiger partial charge in [-0.15, -0.1) is 0 Å². The van der Waals surface area contributed by atoms with E-state index in [0.29, 0.717) is 11.6 Å². The molecule has 0 aliphatic heterocycles. The minimum atomic E-state index is -2.82. The van der Waals surface area contributed by atoms with Crippen LogP contribution in [-0.2, 0) is 0 Å². The minimum absolute atomic E-state index is 0.00867. The van der Waals surface area contributed by atoms with E-state index in [1.165, 1.54) is 34.4 Å². The summed E-state index contributed by atoms with van der Waals surface area (Å²) < 4.78 is 30.5. The monoisotopic (exact) mass is 473 g/mol. The third-order valence-corrected chi connectivity index (χ3v) is 6.88. The number of carbonyl (C=O) groups is 1. The molecule has 0 radical (unpaired) electrons. The van der Waals surface area contributed by atoms with Gasteiger partial charge >= 0.3 is 0 Å². The van der Waals surface area contributed by atoms with Gasteiger partial charge < -0.3 is 15.3 Å². The number of carbonyl (C=O) groups excluding carboxylic acids is 1. The molecule has 3 heterocycles. The molecular weight excluding hydrogens is 444 g/mol. The van der Waals surface area contributed by atoms with Crippen molar-refractivity contribution in [2.45, 2.75) is 51.0 Å². The van der Waals surface area contributed by atoms with E-state index < -0.39 is 18.0 Å². The summed E-state index contributed by atoms with van der Waals surface area (Å²) in [6.07, 6.45) is 7.36. The summed E-state index contributed by atoms with van der Waals surface area (Å²) in [5.74, 6) is 1.10. The Balaban J connectivity index is 1.36. The van der Waals surface area contributed by atoms with Gasteiger partial charge in [-0.1, -0.05) is 0 Å². The number of aliphatic hydroxyl groups is 1. The number of anilines is 2. The zero-order valence-corrected chi connectivity index (χ0v) is 19.1. The first-order chi connectivity index (χ1) is 16.4. The maximum absolute atomic E-state index is 13.7. The van der Waals surface area contributed by atoms with Crippen LogP contribution >= 0.6 is 0 Å². The van der Waals surface area contributed by atoms with Crippen molar-refractivity contribution >= 4 is 23.1 Å². The van der Waals surface area contributed by atoms with Crippen LogP contribution in [0.3, 0.4) is 0 Å². The van der Waals surface area contributed by atoms with Crippen LogP contribution < -0.4 is 10.2 Å². The number of rotatable bonds is 8. The van der Waals surface area contributed by atoms with Crippen LogP contribution in [0, 0.1) is 11.8 Å². The first-order valence-corrected chi connectivity index (χ1v) is 11.8. The number of aromatic nitrogens is 5. The first-order valence-electron chi connectivity index (χ1n) is 11.8. The third-order valence-electron chi connectivity index (χ3n) is 6.88. The lowest BCUT2D eigenvalue weighted by molar-refractivity contribution is 0.102. The predicted octanol–water partition coefficient (Wildman–Crippen LogP) is 3.69. The van der Waals surface area contributed by atoms with Crippen LogP contribution in [0.15, 0.2) is 24.7 Å². The molecule has 182 valence electrons. The number of aliphatic hydroxyl groups excluding tert-OH is 1. The molecule has 3 aromatic heterocycles. The second-order valence-corrected chi connectivity index (χ2v) is 9.46. The molecule has 11 heteroatoms. The fourth-order valence-corrected chi connectivity index (χ4v) is 4.65. The van der Waals surface area contributed by atoms with E-state index in [4.69, 9.17) is 0 Å². The quantitative estimate of drug-likeness (QED) is 0.518. The molecule has 0 spiro atoms. The van der Waals surface area contributed by atoms with Crippen LogP contribution in [0.2, 0.25) is 0 Å². The molecule has 0 unspecified atom stereocenters. The van der Waals surface area contributed by atoms with Gasteiger partial charge in [-0.2, -0.15) is 10.2 Å². The topological polar surface area (TPSA) is 101 Å². The van der Waals surface area contributed by atoms with E-state index in [9.17, 15) is 18.7 Å². The number of nitrogens with zero attached hydrogens (tertiary/aromatic N) is 6. The van der Waals surface area contributed by atoms with Gasteiger partial charge in [0.1, 0.15) is 11.4 Å². The summed E-state index contributed by atoms with van der Waals surface area (Å²) in [5, 5.41) is 20.2. The van der Waals surface area contributed by atoms with Crippen molar-refractivity contribution in [3.63, 3.8) is 0 Å². The molecule has 2 saturated carbocycles. The summed E-state index contributed by atoms with van der Waals surface area (Å²) in [6.45, 7) is 1.04. The standard InChI is InChI=1S/C23H29F2N7O2/c1-30(11-14-2-3-14)19-8-9-31-22(28-19)17(10-26-31)23(34)27-18-12-32(29-20(18)21(24)25)16-6-4-15(13-33)5-7-16/h8-10,12,14-16,21,33H,2-7,11,13H2,1H3,(H,27,34). The molecular formula is C23H29F2N7O2. The second kappa shape index (κ2) is 9.28. The van der Waals surface area contributed by atoms with Crippen molar-refractivity contribution in [2.24, 2.45) is 11.8 Å². The Morgan fingerprint density at radius 3 is 2.65 bits per heavy atom. The number of hydrogen-bond acceptors (Lipinski definition) is 6. The van der Waals surface area contributed by atoms with E-state index in [-0.39, 0.29) is 29.8 Å². The molecule has 1 amide bonds. The normalized spacial score (nSPS) is 20.7. The maximum Gasteiger partial charge on any atom is 0.284 e. The highest BCUT2D eigenvalue weighted by Gasteiger charge is 2.28. The van der Waals surface area contributed by atoms with Gasteiger partial charge in [-0.05, 0) is 56.4 Å². The average Bonchev–Trinajstić information content (AvgIpc) is 3.39. The van der Waals surface area contributed by atoms with Crippen LogP contribution in [0.1, 0.15) is 67.0 Å². The summed E-state index contributed by atoms with van der Waals surface area (Å²) in [4.78, 5) is 19.7. The fourth-order valence-electron chi connectivity index (χ4n) is 4.65. The molecule has 2 aliphatic rings. The summed E-state index contributed by atoms with van der Waals surface area (Å²) in [6, 6.07) is 1.81. The largest absolute Gasteiger partial charge is 0.396 e. The van der Waals surface area contributed by atoms with Gasteiger partial charge in [0.05, 0.1) is 17.9 Å². The second-order valence-electron chi connectivity index (χ2n) is 9.46. The molecule has 34 heavy (non-hydrogen) atoms. The van der Waals surface area contributed by atoms with Crippen molar-refractivity contribution in [3.05, 3.63) is 35.9 Å². The van der Waals surface area contributed by atoms with Gasteiger partial charge in [-0.3, -0.25) is 9.48 Å². The van der Waals surface area contributed by atoms with Gasteiger partial charge in [0, 0.05) is 32.6 Å². The van der Waals surface area contributed by atoms with Gasteiger partial charge in [0.15, 0.2) is 11.3 Å². The minimum Gasteiger partial charge on any atom is -0.396 e. The Bertz CT molecular complexity index is 1170. The summed E-state index contributed by atoms with van der Waals surface area (Å²) >= 11 is 0. The molecule has 0 atom stereocenters. The fraction of sp³-hybridized carbons (Fsp3) is 0.565. The molecule has 2 N–H and O–H groups in total. The average molecular weight is 474 g/mol. The lowest BCUT2D eigenvalue weighted by atomic mass is 9.87. The number of nitrogens with one attached hydrogen (secondary N) is 1. The molecule has 3 aromatic rings. The Morgan fingerprint density at radius 1 is 1.24 bits per heavy atom. The van der Waals surface area contributed by atoms with E-state index in [0.717, 1.165) is 38.0 Å². The third kappa shape index (κ3) is 4.61. The SMILES string of the molecule is CN(CC1CC1)c1ccn2ncc(C(=O)Nc3cn(C4CCC(CO)CC4)nc3C(F)F)c2n1. The van der Waals surface area contributed by atoms with E-state index in [1.807, 2.05) is 13.1 Å². The Morgan fingerprint density at radius 2 is 1.97 bits per heavy atom. The number of hydrogen-bond donors (Lipinski definition) is 2. The predicted molar refractivity (Wildman–Crippen MR) is 122 cm³/mol. The molecule has 0 saturated heterocycles. The zero-order valence-electron chi connectivity index (χ0n) is 19.1. The smallest absolute Gasteiger partial charge is 0.284 e. The summed E-state index contributed by atoms with van der Waals surface area (Å²) in [7, 11) is 1.96. The Hall–Kier alpha value is -3.08. The molecule has 2 aliphatic carbocycles. The zero-order chi connectivity index (χ0) is 23.8. The summed E-state index contributed by atoms with van der Waals surface area (Å²) in [5.41, 5.74) is 0.113. The number of alkyl halides is 2.